The number of aryl methyl sites for hydroxylation is 1. The van der Waals surface area contributed by atoms with Crippen LogP contribution in [0.3, 0.4) is 0 Å². The highest BCUT2D eigenvalue weighted by atomic mass is 19.4. The molecule has 3 heterocycles. The van der Waals surface area contributed by atoms with Gasteiger partial charge in [0.05, 0.1) is 5.69 Å². The van der Waals surface area contributed by atoms with Crippen LogP contribution in [0.4, 0.5) is 13.2 Å². The summed E-state index contributed by atoms with van der Waals surface area (Å²) in [4.78, 5) is 18.9. The molecule has 5 rings (SSSR count). The van der Waals surface area contributed by atoms with Gasteiger partial charge in [-0.05, 0) is 42.7 Å². The lowest BCUT2D eigenvalue weighted by molar-refractivity contribution is -0.142. The van der Waals surface area contributed by atoms with Gasteiger partial charge in [0.1, 0.15) is 5.69 Å². The molecule has 0 unspecified atom stereocenters. The van der Waals surface area contributed by atoms with E-state index < -0.39 is 11.9 Å². The minimum atomic E-state index is -4.53. The van der Waals surface area contributed by atoms with Crippen molar-refractivity contribution in [2.24, 2.45) is 0 Å². The predicted octanol–water partition coefficient (Wildman–Crippen LogP) is 5.35. The van der Waals surface area contributed by atoms with Crippen LogP contribution >= 0.6 is 0 Å². The average molecular weight is 450 g/mol. The smallest absolute Gasteiger partial charge is 0.338 e. The first-order valence-corrected chi connectivity index (χ1v) is 10.7. The summed E-state index contributed by atoms with van der Waals surface area (Å²) in [5.41, 5.74) is 2.81. The van der Waals surface area contributed by atoms with E-state index >= 15 is 0 Å². The van der Waals surface area contributed by atoms with Gasteiger partial charge < -0.3 is 4.90 Å². The Hall–Kier alpha value is -3.68. The minimum Gasteiger partial charge on any atom is -0.338 e. The molecule has 1 atom stereocenters. The number of alkyl halides is 3. The van der Waals surface area contributed by atoms with Crippen LogP contribution in [-0.4, -0.2) is 38.5 Å². The third-order valence-corrected chi connectivity index (χ3v) is 6.00. The summed E-state index contributed by atoms with van der Waals surface area (Å²) in [6.45, 7) is 2.46. The van der Waals surface area contributed by atoms with Crippen LogP contribution in [0, 0.1) is 6.92 Å². The molecule has 1 fully saturated rings. The minimum absolute atomic E-state index is 0.0918. The van der Waals surface area contributed by atoms with Crippen molar-refractivity contribution in [3.63, 3.8) is 0 Å². The quantitative estimate of drug-likeness (QED) is 0.423. The Morgan fingerprint density at radius 1 is 1.00 bits per heavy atom. The van der Waals surface area contributed by atoms with E-state index in [0.717, 1.165) is 21.7 Å². The highest BCUT2D eigenvalue weighted by Gasteiger charge is 2.36. The fourth-order valence-electron chi connectivity index (χ4n) is 4.32. The van der Waals surface area contributed by atoms with E-state index in [1.807, 2.05) is 54.6 Å². The monoisotopic (exact) mass is 450 g/mol. The molecule has 0 bridgehead atoms. The van der Waals surface area contributed by atoms with Gasteiger partial charge in [0.25, 0.3) is 5.91 Å². The van der Waals surface area contributed by atoms with Crippen molar-refractivity contribution in [2.75, 3.05) is 13.1 Å². The number of benzene rings is 2. The van der Waals surface area contributed by atoms with Gasteiger partial charge in [-0.15, -0.1) is 0 Å². The molecule has 5 nitrogen and oxygen atoms in total. The van der Waals surface area contributed by atoms with E-state index in [-0.39, 0.29) is 23.2 Å². The van der Waals surface area contributed by atoms with Gasteiger partial charge in [-0.25, -0.2) is 9.50 Å². The molecule has 0 radical (unpaired) electrons. The molecule has 0 saturated carbocycles. The molecule has 0 spiro atoms. The van der Waals surface area contributed by atoms with Gasteiger partial charge in [-0.3, -0.25) is 4.79 Å². The SMILES string of the molecule is Cc1cc(C(F)(F)F)n2nc([C@H]3CCN(C(=O)c4ccc(-c5ccccc5)cc4)C3)cc2n1. The largest absolute Gasteiger partial charge is 0.433 e. The second kappa shape index (κ2) is 8.03. The van der Waals surface area contributed by atoms with Crippen LogP contribution < -0.4 is 0 Å². The van der Waals surface area contributed by atoms with Crippen molar-refractivity contribution in [1.29, 1.82) is 0 Å². The molecule has 0 N–H and O–H groups in total. The molecule has 33 heavy (non-hydrogen) atoms. The number of aromatic nitrogens is 3. The summed E-state index contributed by atoms with van der Waals surface area (Å²) in [5, 5.41) is 4.21. The lowest BCUT2D eigenvalue weighted by Crippen LogP contribution is -2.28. The first-order chi connectivity index (χ1) is 15.8. The lowest BCUT2D eigenvalue weighted by atomic mass is 10.0. The number of halogens is 3. The molecule has 4 aromatic rings. The zero-order valence-electron chi connectivity index (χ0n) is 17.9. The number of nitrogens with zero attached hydrogens (tertiary/aromatic N) is 4. The number of hydrogen-bond donors (Lipinski definition) is 0. The number of likely N-dealkylation sites (tertiary alicyclic amines) is 1. The highest BCUT2D eigenvalue weighted by Crippen LogP contribution is 2.32. The summed E-state index contributed by atoms with van der Waals surface area (Å²) in [6.07, 6.45) is -3.89. The molecular weight excluding hydrogens is 429 g/mol. The third-order valence-electron chi connectivity index (χ3n) is 6.00. The van der Waals surface area contributed by atoms with Crippen LogP contribution in [0.5, 0.6) is 0 Å². The highest BCUT2D eigenvalue weighted by molar-refractivity contribution is 5.95. The zero-order chi connectivity index (χ0) is 23.2. The molecule has 1 amide bonds. The normalized spacial score (nSPS) is 16.5. The number of rotatable bonds is 3. The van der Waals surface area contributed by atoms with Gasteiger partial charge in [0.15, 0.2) is 5.65 Å². The lowest BCUT2D eigenvalue weighted by Gasteiger charge is -2.16. The Labute approximate surface area is 188 Å². The number of carbonyl (C=O) groups is 1. The van der Waals surface area contributed by atoms with E-state index in [1.165, 1.54) is 6.92 Å². The number of hydrogen-bond acceptors (Lipinski definition) is 3. The fourth-order valence-corrected chi connectivity index (χ4v) is 4.32. The van der Waals surface area contributed by atoms with Crippen LogP contribution in [-0.2, 0) is 6.18 Å². The maximum atomic E-state index is 13.4. The Morgan fingerprint density at radius 2 is 1.70 bits per heavy atom. The maximum Gasteiger partial charge on any atom is 0.433 e. The van der Waals surface area contributed by atoms with Gasteiger partial charge in [-0.1, -0.05) is 42.5 Å². The molecule has 1 saturated heterocycles. The zero-order valence-corrected chi connectivity index (χ0v) is 17.9. The van der Waals surface area contributed by atoms with Crippen molar-refractivity contribution < 1.29 is 18.0 Å². The predicted molar refractivity (Wildman–Crippen MR) is 118 cm³/mol. The van der Waals surface area contributed by atoms with E-state index in [0.29, 0.717) is 30.8 Å². The molecule has 1 aliphatic heterocycles. The van der Waals surface area contributed by atoms with E-state index in [2.05, 4.69) is 10.1 Å². The molecule has 2 aromatic heterocycles. The fraction of sp³-hybridized carbons (Fsp3) is 0.240. The summed E-state index contributed by atoms with van der Waals surface area (Å²) in [5.74, 6) is -0.230. The first kappa shape index (κ1) is 21.2. The Kier molecular flexibility index (Phi) is 5.15. The van der Waals surface area contributed by atoms with E-state index in [9.17, 15) is 18.0 Å². The van der Waals surface area contributed by atoms with E-state index in [1.54, 1.807) is 11.0 Å². The summed E-state index contributed by atoms with van der Waals surface area (Å²) in [7, 11) is 0. The molecule has 2 aromatic carbocycles. The summed E-state index contributed by atoms with van der Waals surface area (Å²) in [6, 6.07) is 20.0. The number of carbonyl (C=O) groups excluding carboxylic acids is 1. The van der Waals surface area contributed by atoms with Crippen LogP contribution in [0.2, 0.25) is 0 Å². The summed E-state index contributed by atoms with van der Waals surface area (Å²) < 4.78 is 41.2. The van der Waals surface area contributed by atoms with Gasteiger partial charge in [-0.2, -0.15) is 18.3 Å². The average Bonchev–Trinajstić information content (AvgIpc) is 3.45. The van der Waals surface area contributed by atoms with Crippen molar-refractivity contribution in [3.05, 3.63) is 89.4 Å². The third kappa shape index (κ3) is 4.08. The molecular formula is C25H21F3N4O. The Balaban J connectivity index is 1.34. The first-order valence-electron chi connectivity index (χ1n) is 10.7. The standard InChI is InChI=1S/C25H21F3N4O/c1-16-13-22(25(26,27)28)32-23(29-16)14-21(30-32)20-11-12-31(15-20)24(33)19-9-7-18(8-10-19)17-5-3-2-4-6-17/h2-10,13-14,20H,11-12,15H2,1H3/t20-/m0/s1. The molecule has 1 aliphatic rings. The Bertz CT molecular complexity index is 1310. The molecule has 8 heteroatoms. The van der Waals surface area contributed by atoms with Crippen molar-refractivity contribution in [3.8, 4) is 11.1 Å². The van der Waals surface area contributed by atoms with Crippen LogP contribution in [0.15, 0.2) is 66.7 Å². The second-order valence-corrected chi connectivity index (χ2v) is 8.30. The summed E-state index contributed by atoms with van der Waals surface area (Å²) >= 11 is 0. The van der Waals surface area contributed by atoms with Gasteiger partial charge in [0.2, 0.25) is 0 Å². The van der Waals surface area contributed by atoms with Crippen molar-refractivity contribution >= 4 is 11.6 Å². The number of amides is 1. The van der Waals surface area contributed by atoms with Crippen molar-refractivity contribution in [1.82, 2.24) is 19.5 Å². The topological polar surface area (TPSA) is 50.5 Å². The van der Waals surface area contributed by atoms with E-state index in [4.69, 9.17) is 0 Å². The maximum absolute atomic E-state index is 13.4. The number of fused-ring (bicyclic) bond motifs is 1. The molecule has 168 valence electrons. The second-order valence-electron chi connectivity index (χ2n) is 8.30. The van der Waals surface area contributed by atoms with Crippen LogP contribution in [0.25, 0.3) is 16.8 Å². The van der Waals surface area contributed by atoms with Gasteiger partial charge in [0, 0.05) is 36.3 Å². The van der Waals surface area contributed by atoms with Gasteiger partial charge >= 0.3 is 6.18 Å². The van der Waals surface area contributed by atoms with Crippen LogP contribution in [0.1, 0.15) is 39.8 Å². The van der Waals surface area contributed by atoms with Crippen molar-refractivity contribution in [2.45, 2.75) is 25.4 Å². The Morgan fingerprint density at radius 3 is 2.39 bits per heavy atom. The molecule has 0 aliphatic carbocycles.